The topological polar surface area (TPSA) is 71.8 Å². The van der Waals surface area contributed by atoms with Gasteiger partial charge in [-0.3, -0.25) is 9.59 Å². The van der Waals surface area contributed by atoms with Gasteiger partial charge in [-0.2, -0.15) is 0 Å². The van der Waals surface area contributed by atoms with Crippen molar-refractivity contribution in [1.82, 2.24) is 10.2 Å². The monoisotopic (exact) mass is 306 g/mol. The first-order valence-electron chi connectivity index (χ1n) is 7.83. The Bertz CT molecular complexity index is 532. The van der Waals surface area contributed by atoms with Gasteiger partial charge in [0, 0.05) is 25.7 Å². The van der Waals surface area contributed by atoms with Crippen molar-refractivity contribution in [2.45, 2.75) is 32.2 Å². The van der Waals surface area contributed by atoms with Crippen molar-refractivity contribution in [3.8, 4) is 0 Å². The van der Waals surface area contributed by atoms with Crippen LogP contribution in [-0.4, -0.2) is 49.1 Å². The summed E-state index contributed by atoms with van der Waals surface area (Å²) >= 11 is 0. The molecule has 1 N–H and O–H groups in total. The van der Waals surface area contributed by atoms with Gasteiger partial charge in [0.15, 0.2) is 0 Å². The van der Waals surface area contributed by atoms with Gasteiger partial charge in [0.1, 0.15) is 12.9 Å². The predicted octanol–water partition coefficient (Wildman–Crippen LogP) is 1.43. The predicted molar refractivity (Wildman–Crippen MR) is 79.3 cm³/mol. The third-order valence-electron chi connectivity index (χ3n) is 4.78. The van der Waals surface area contributed by atoms with Crippen LogP contribution >= 0.6 is 0 Å². The second kappa shape index (κ2) is 6.12. The average Bonchev–Trinajstić information content (AvgIpc) is 2.94. The van der Waals surface area contributed by atoms with Crippen LogP contribution in [0, 0.1) is 5.41 Å². The lowest BCUT2D eigenvalue weighted by Crippen LogP contribution is -2.42. The van der Waals surface area contributed by atoms with Crippen LogP contribution in [0.15, 0.2) is 23.0 Å². The van der Waals surface area contributed by atoms with E-state index in [1.54, 1.807) is 6.07 Å². The number of nitrogens with one attached hydrogen (secondary N) is 1. The van der Waals surface area contributed by atoms with Crippen molar-refractivity contribution in [1.29, 1.82) is 0 Å². The molecular formula is C16H22N2O4. The highest BCUT2D eigenvalue weighted by atomic mass is 16.5. The van der Waals surface area contributed by atoms with Gasteiger partial charge in [-0.05, 0) is 37.7 Å². The highest BCUT2D eigenvalue weighted by Crippen LogP contribution is 2.53. The van der Waals surface area contributed by atoms with E-state index in [-0.39, 0.29) is 29.9 Å². The van der Waals surface area contributed by atoms with Crippen molar-refractivity contribution in [2.75, 3.05) is 26.3 Å². The van der Waals surface area contributed by atoms with E-state index in [4.69, 9.17) is 9.15 Å². The summed E-state index contributed by atoms with van der Waals surface area (Å²) in [6, 6.07) is 1.94. The normalized spacial score (nSPS) is 22.6. The number of piperidine rings is 1. The molecule has 1 atom stereocenters. The van der Waals surface area contributed by atoms with Crippen molar-refractivity contribution in [2.24, 2.45) is 5.41 Å². The Labute approximate surface area is 129 Å². The fraction of sp³-hybridized carbons (Fsp3) is 0.625. The van der Waals surface area contributed by atoms with Crippen LogP contribution in [0.3, 0.4) is 0 Å². The minimum atomic E-state index is -0.0411. The lowest BCUT2D eigenvalue weighted by atomic mass is 9.92. The number of rotatable bonds is 5. The number of ether oxygens (including phenoxy) is 1. The van der Waals surface area contributed by atoms with Gasteiger partial charge in [-0.15, -0.1) is 0 Å². The molecule has 2 aliphatic rings. The number of furan rings is 1. The first kappa shape index (κ1) is 15.1. The smallest absolute Gasteiger partial charge is 0.257 e. The maximum absolute atomic E-state index is 12.2. The zero-order valence-corrected chi connectivity index (χ0v) is 12.8. The van der Waals surface area contributed by atoms with Crippen LogP contribution in [0.4, 0.5) is 0 Å². The molecule has 1 aromatic heterocycles. The fourth-order valence-corrected chi connectivity index (χ4v) is 3.26. The van der Waals surface area contributed by atoms with Gasteiger partial charge >= 0.3 is 0 Å². The lowest BCUT2D eigenvalue weighted by molar-refractivity contribution is -0.125. The molecule has 6 heteroatoms. The molecule has 2 heterocycles. The Balaban J connectivity index is 1.47. The van der Waals surface area contributed by atoms with E-state index in [9.17, 15) is 9.59 Å². The molecule has 1 aliphatic carbocycles. The molecule has 2 amide bonds. The van der Waals surface area contributed by atoms with Gasteiger partial charge < -0.3 is 19.4 Å². The highest BCUT2D eigenvalue weighted by molar-refractivity contribution is 5.93. The van der Waals surface area contributed by atoms with Gasteiger partial charge in [-0.1, -0.05) is 0 Å². The summed E-state index contributed by atoms with van der Waals surface area (Å²) in [5.74, 6) is -0.0122. The van der Waals surface area contributed by atoms with E-state index >= 15 is 0 Å². The van der Waals surface area contributed by atoms with E-state index in [2.05, 4.69) is 5.32 Å². The quantitative estimate of drug-likeness (QED) is 0.893. The molecule has 2 fully saturated rings. The van der Waals surface area contributed by atoms with Crippen molar-refractivity contribution in [3.05, 3.63) is 24.2 Å². The van der Waals surface area contributed by atoms with Crippen LogP contribution in [0.1, 0.15) is 36.5 Å². The number of carbonyl (C=O) groups excluding carboxylic acids is 2. The molecule has 1 saturated carbocycles. The first-order valence-corrected chi connectivity index (χ1v) is 7.83. The van der Waals surface area contributed by atoms with E-state index in [1.807, 2.05) is 11.8 Å². The van der Waals surface area contributed by atoms with Gasteiger partial charge in [-0.25, -0.2) is 0 Å². The number of likely N-dealkylation sites (tertiary alicyclic amines) is 1. The summed E-state index contributed by atoms with van der Waals surface area (Å²) < 4.78 is 10.1. The number of nitrogens with zero attached hydrogens (tertiary/aromatic N) is 1. The Kier molecular flexibility index (Phi) is 4.20. The van der Waals surface area contributed by atoms with Gasteiger partial charge in [0.05, 0.1) is 11.8 Å². The van der Waals surface area contributed by atoms with Crippen molar-refractivity contribution < 1.29 is 18.7 Å². The summed E-state index contributed by atoms with van der Waals surface area (Å²) in [5, 5.41) is 3.04. The van der Waals surface area contributed by atoms with Crippen LogP contribution < -0.4 is 5.32 Å². The summed E-state index contributed by atoms with van der Waals surface area (Å²) in [6.45, 7) is 4.03. The van der Waals surface area contributed by atoms with Crippen LogP contribution in [0.2, 0.25) is 0 Å². The molecule has 1 aromatic rings. The molecule has 0 bridgehead atoms. The Morgan fingerprint density at radius 3 is 2.86 bits per heavy atom. The molecule has 0 radical (unpaired) electrons. The second-order valence-corrected chi connectivity index (χ2v) is 6.13. The van der Waals surface area contributed by atoms with Crippen molar-refractivity contribution >= 4 is 11.8 Å². The van der Waals surface area contributed by atoms with Crippen LogP contribution in [0.5, 0.6) is 0 Å². The van der Waals surface area contributed by atoms with E-state index in [1.165, 1.54) is 12.5 Å². The summed E-state index contributed by atoms with van der Waals surface area (Å²) in [6.07, 6.45) is 5.90. The summed E-state index contributed by atoms with van der Waals surface area (Å²) in [4.78, 5) is 25.8. The maximum Gasteiger partial charge on any atom is 0.257 e. The maximum atomic E-state index is 12.2. The molecule has 22 heavy (non-hydrogen) atoms. The molecular weight excluding hydrogens is 284 g/mol. The van der Waals surface area contributed by atoms with E-state index in [0.29, 0.717) is 12.2 Å². The van der Waals surface area contributed by atoms with Crippen molar-refractivity contribution in [3.63, 3.8) is 0 Å². The molecule has 1 unspecified atom stereocenters. The summed E-state index contributed by atoms with van der Waals surface area (Å²) in [5.41, 5.74) is 0.794. The second-order valence-electron chi connectivity index (χ2n) is 6.13. The number of hydrogen-bond acceptors (Lipinski definition) is 4. The third-order valence-corrected chi connectivity index (χ3v) is 4.78. The SMILES string of the molecule is CCOCC(=O)NC1CC12CCN(C(=O)c1ccoc1)CC2. The average molecular weight is 306 g/mol. The minimum absolute atomic E-state index is 0.0289. The standard InChI is InChI=1S/C16H22N2O4/c1-2-21-11-14(19)17-13-9-16(13)4-6-18(7-5-16)15(20)12-3-8-22-10-12/h3,8,10,13H,2,4-7,9,11H2,1H3,(H,17,19). The van der Waals surface area contributed by atoms with E-state index < -0.39 is 0 Å². The largest absolute Gasteiger partial charge is 0.472 e. The molecule has 1 aliphatic heterocycles. The van der Waals surface area contributed by atoms with Crippen LogP contribution in [-0.2, 0) is 9.53 Å². The third kappa shape index (κ3) is 3.02. The highest BCUT2D eigenvalue weighted by Gasteiger charge is 2.55. The lowest BCUT2D eigenvalue weighted by Gasteiger charge is -2.32. The number of amides is 2. The Morgan fingerprint density at radius 1 is 1.45 bits per heavy atom. The molecule has 3 rings (SSSR count). The Hall–Kier alpha value is -1.82. The summed E-state index contributed by atoms with van der Waals surface area (Å²) in [7, 11) is 0. The molecule has 6 nitrogen and oxygen atoms in total. The molecule has 1 spiro atoms. The Morgan fingerprint density at radius 2 is 2.23 bits per heavy atom. The first-order chi connectivity index (χ1) is 10.6. The molecule has 120 valence electrons. The molecule has 1 saturated heterocycles. The van der Waals surface area contributed by atoms with Gasteiger partial charge in [0.25, 0.3) is 5.91 Å². The minimum Gasteiger partial charge on any atom is -0.472 e. The zero-order chi connectivity index (χ0) is 15.6. The number of hydrogen-bond donors (Lipinski definition) is 1. The zero-order valence-electron chi connectivity index (χ0n) is 12.8. The van der Waals surface area contributed by atoms with Crippen LogP contribution in [0.25, 0.3) is 0 Å². The fourth-order valence-electron chi connectivity index (χ4n) is 3.26. The van der Waals surface area contributed by atoms with Gasteiger partial charge in [0.2, 0.25) is 5.91 Å². The molecule has 0 aromatic carbocycles. The van der Waals surface area contributed by atoms with E-state index in [0.717, 1.165) is 32.4 Å². The number of carbonyl (C=O) groups is 2.